The van der Waals surface area contributed by atoms with E-state index in [1.165, 1.54) is 0 Å². The Kier molecular flexibility index (Phi) is 4.01. The SMILES string of the molecule is C=C(C)[C@@H]1CC=C(C)[C@](O)(C(Br)Br)C1. The van der Waals surface area contributed by atoms with Gasteiger partial charge in [0.2, 0.25) is 0 Å². The fourth-order valence-corrected chi connectivity index (χ4v) is 2.85. The Morgan fingerprint density at radius 2 is 2.29 bits per heavy atom. The first kappa shape index (κ1) is 12.5. The van der Waals surface area contributed by atoms with Crippen molar-refractivity contribution in [2.75, 3.05) is 0 Å². The van der Waals surface area contributed by atoms with Crippen LogP contribution in [-0.4, -0.2) is 14.4 Å². The van der Waals surface area contributed by atoms with Crippen LogP contribution in [0.25, 0.3) is 0 Å². The Morgan fingerprint density at radius 3 is 2.71 bits per heavy atom. The van der Waals surface area contributed by atoms with E-state index >= 15 is 0 Å². The van der Waals surface area contributed by atoms with E-state index in [1.54, 1.807) is 0 Å². The second kappa shape index (κ2) is 4.50. The molecule has 0 bridgehead atoms. The summed E-state index contributed by atoms with van der Waals surface area (Å²) >= 11 is 6.81. The molecule has 0 aromatic heterocycles. The fraction of sp³-hybridized carbons (Fsp3) is 0.636. The van der Waals surface area contributed by atoms with Crippen molar-refractivity contribution in [3.8, 4) is 0 Å². The zero-order chi connectivity index (χ0) is 10.9. The summed E-state index contributed by atoms with van der Waals surface area (Å²) in [6.45, 7) is 7.96. The van der Waals surface area contributed by atoms with E-state index in [0.717, 1.165) is 24.0 Å². The minimum absolute atomic E-state index is 0.0964. The number of hydrogen-bond acceptors (Lipinski definition) is 1. The van der Waals surface area contributed by atoms with Gasteiger partial charge in [-0.1, -0.05) is 50.1 Å². The molecule has 3 heteroatoms. The van der Waals surface area contributed by atoms with Gasteiger partial charge in [0.05, 0.1) is 0 Å². The van der Waals surface area contributed by atoms with Gasteiger partial charge in [-0.3, -0.25) is 0 Å². The van der Waals surface area contributed by atoms with Crippen molar-refractivity contribution in [2.24, 2.45) is 5.92 Å². The molecule has 0 aromatic rings. The van der Waals surface area contributed by atoms with Gasteiger partial charge < -0.3 is 5.11 Å². The van der Waals surface area contributed by atoms with Crippen molar-refractivity contribution < 1.29 is 5.11 Å². The summed E-state index contributed by atoms with van der Waals surface area (Å²) in [7, 11) is 0. The van der Waals surface area contributed by atoms with Crippen LogP contribution in [0.2, 0.25) is 0 Å². The van der Waals surface area contributed by atoms with Gasteiger partial charge >= 0.3 is 0 Å². The highest BCUT2D eigenvalue weighted by Crippen LogP contribution is 2.42. The number of allylic oxidation sites excluding steroid dienone is 2. The highest BCUT2D eigenvalue weighted by Gasteiger charge is 2.40. The fourth-order valence-electron chi connectivity index (χ4n) is 1.75. The standard InChI is InChI=1S/C11H16Br2O/c1-7(2)9-5-4-8(3)11(14,6-9)10(12)13/h4,9-10,14H,1,5-6H2,2-3H3/t9-,11+/m1/s1. The third kappa shape index (κ3) is 2.31. The Balaban J connectivity index is 2.92. The molecule has 0 fully saturated rings. The first-order chi connectivity index (χ1) is 6.38. The third-order valence-corrected chi connectivity index (χ3v) is 4.52. The van der Waals surface area contributed by atoms with Gasteiger partial charge in [0.15, 0.2) is 0 Å². The van der Waals surface area contributed by atoms with Crippen LogP contribution in [0.4, 0.5) is 0 Å². The smallest absolute Gasteiger partial charge is 0.108 e. The number of alkyl halides is 2. The van der Waals surface area contributed by atoms with Crippen LogP contribution in [0.15, 0.2) is 23.8 Å². The molecule has 0 heterocycles. The molecule has 1 rings (SSSR count). The van der Waals surface area contributed by atoms with Crippen molar-refractivity contribution in [2.45, 2.75) is 36.0 Å². The average molecular weight is 324 g/mol. The van der Waals surface area contributed by atoms with Gasteiger partial charge in [-0.25, -0.2) is 0 Å². The molecule has 1 N–H and O–H groups in total. The molecule has 80 valence electrons. The lowest BCUT2D eigenvalue weighted by atomic mass is 9.77. The van der Waals surface area contributed by atoms with E-state index in [4.69, 9.17) is 0 Å². The summed E-state index contributed by atoms with van der Waals surface area (Å²) in [5.74, 6) is 0.390. The zero-order valence-corrected chi connectivity index (χ0v) is 11.7. The largest absolute Gasteiger partial charge is 0.383 e. The number of halogens is 2. The maximum atomic E-state index is 10.4. The maximum Gasteiger partial charge on any atom is 0.108 e. The molecule has 0 spiro atoms. The third-order valence-electron chi connectivity index (χ3n) is 3.01. The first-order valence-corrected chi connectivity index (χ1v) is 6.54. The van der Waals surface area contributed by atoms with Gasteiger partial charge in [0.1, 0.15) is 9.34 Å². The molecular weight excluding hydrogens is 308 g/mol. The Labute approximate surface area is 103 Å². The summed E-state index contributed by atoms with van der Waals surface area (Å²) in [5, 5.41) is 10.4. The quantitative estimate of drug-likeness (QED) is 0.606. The first-order valence-electron chi connectivity index (χ1n) is 4.71. The van der Waals surface area contributed by atoms with Crippen LogP contribution in [0.5, 0.6) is 0 Å². The number of hydrogen-bond donors (Lipinski definition) is 1. The predicted octanol–water partition coefficient (Wildman–Crippen LogP) is 3.77. The zero-order valence-electron chi connectivity index (χ0n) is 8.56. The molecule has 0 aromatic carbocycles. The molecule has 1 nitrogen and oxygen atoms in total. The van der Waals surface area contributed by atoms with Crippen molar-refractivity contribution in [3.63, 3.8) is 0 Å². The molecule has 0 saturated carbocycles. The Hall–Kier alpha value is 0.400. The van der Waals surface area contributed by atoms with Gasteiger partial charge in [-0.2, -0.15) is 0 Å². The summed E-state index contributed by atoms with van der Waals surface area (Å²) in [5.41, 5.74) is 1.41. The Bertz CT molecular complexity index is 270. The van der Waals surface area contributed by atoms with Crippen LogP contribution < -0.4 is 0 Å². The number of aliphatic hydroxyl groups is 1. The lowest BCUT2D eigenvalue weighted by Crippen LogP contribution is -2.41. The summed E-state index contributed by atoms with van der Waals surface area (Å²) in [6.07, 6.45) is 3.85. The second-order valence-electron chi connectivity index (χ2n) is 4.10. The predicted molar refractivity (Wildman–Crippen MR) is 67.9 cm³/mol. The van der Waals surface area contributed by atoms with Crippen molar-refractivity contribution in [1.29, 1.82) is 0 Å². The van der Waals surface area contributed by atoms with E-state index in [-0.39, 0.29) is 3.74 Å². The summed E-state index contributed by atoms with van der Waals surface area (Å²) < 4.78 is -0.0964. The van der Waals surface area contributed by atoms with Gasteiger partial charge in [0, 0.05) is 0 Å². The van der Waals surface area contributed by atoms with Crippen LogP contribution in [0.1, 0.15) is 26.7 Å². The van der Waals surface area contributed by atoms with E-state index in [9.17, 15) is 5.11 Å². The topological polar surface area (TPSA) is 20.2 Å². The molecule has 0 unspecified atom stereocenters. The highest BCUT2D eigenvalue weighted by molar-refractivity contribution is 9.24. The molecule has 14 heavy (non-hydrogen) atoms. The van der Waals surface area contributed by atoms with Crippen molar-refractivity contribution in [3.05, 3.63) is 23.8 Å². The van der Waals surface area contributed by atoms with E-state index in [2.05, 4.69) is 44.5 Å². The normalized spacial score (nSPS) is 33.0. The molecule has 0 saturated heterocycles. The van der Waals surface area contributed by atoms with E-state index in [0.29, 0.717) is 5.92 Å². The van der Waals surface area contributed by atoms with E-state index in [1.807, 2.05) is 13.8 Å². The van der Waals surface area contributed by atoms with Gasteiger partial charge in [-0.05, 0) is 38.2 Å². The second-order valence-corrected chi connectivity index (χ2v) is 7.16. The van der Waals surface area contributed by atoms with Crippen molar-refractivity contribution >= 4 is 31.9 Å². The van der Waals surface area contributed by atoms with Crippen LogP contribution in [0.3, 0.4) is 0 Å². The minimum Gasteiger partial charge on any atom is -0.383 e. The van der Waals surface area contributed by atoms with E-state index < -0.39 is 5.60 Å². The minimum atomic E-state index is -0.776. The van der Waals surface area contributed by atoms with Crippen LogP contribution in [-0.2, 0) is 0 Å². The Morgan fingerprint density at radius 1 is 1.71 bits per heavy atom. The monoisotopic (exact) mass is 322 g/mol. The lowest BCUT2D eigenvalue weighted by molar-refractivity contribution is 0.0684. The van der Waals surface area contributed by atoms with Gasteiger partial charge in [-0.15, -0.1) is 0 Å². The molecule has 0 amide bonds. The molecule has 2 atom stereocenters. The highest BCUT2D eigenvalue weighted by atomic mass is 79.9. The lowest BCUT2D eigenvalue weighted by Gasteiger charge is -2.38. The van der Waals surface area contributed by atoms with Gasteiger partial charge in [0.25, 0.3) is 0 Å². The number of rotatable bonds is 2. The van der Waals surface area contributed by atoms with Crippen LogP contribution in [0, 0.1) is 5.92 Å². The van der Waals surface area contributed by atoms with Crippen molar-refractivity contribution in [1.82, 2.24) is 0 Å². The van der Waals surface area contributed by atoms with Crippen LogP contribution >= 0.6 is 31.9 Å². The molecule has 0 radical (unpaired) electrons. The average Bonchev–Trinajstić information content (AvgIpc) is 2.09. The molecule has 1 aliphatic rings. The molecule has 0 aliphatic heterocycles. The summed E-state index contributed by atoms with van der Waals surface area (Å²) in [6, 6.07) is 0. The molecular formula is C11H16Br2O. The summed E-state index contributed by atoms with van der Waals surface area (Å²) in [4.78, 5) is 0. The maximum absolute atomic E-state index is 10.4. The molecule has 1 aliphatic carbocycles.